The molecule has 3 aromatic rings. The fourth-order valence-electron chi connectivity index (χ4n) is 3.65. The number of hydrogen-bond acceptors (Lipinski definition) is 5. The second-order valence-electron chi connectivity index (χ2n) is 7.53. The van der Waals surface area contributed by atoms with Gasteiger partial charge in [-0.25, -0.2) is 12.8 Å². The number of nitrogens with zero attached hydrogens (tertiary/aromatic N) is 3. The van der Waals surface area contributed by atoms with E-state index in [0.29, 0.717) is 36.7 Å². The second kappa shape index (κ2) is 8.09. The lowest BCUT2D eigenvalue weighted by Gasteiger charge is -2.30. The van der Waals surface area contributed by atoms with Crippen LogP contribution in [0.15, 0.2) is 45.8 Å². The van der Waals surface area contributed by atoms with Crippen molar-refractivity contribution in [1.82, 2.24) is 14.4 Å². The lowest BCUT2D eigenvalue weighted by atomic mass is 9.98. The van der Waals surface area contributed by atoms with E-state index in [1.54, 1.807) is 19.1 Å². The molecule has 0 radical (unpaired) electrons. The molecule has 6 nitrogen and oxygen atoms in total. The van der Waals surface area contributed by atoms with E-state index in [4.69, 9.17) is 16.1 Å². The molecule has 0 aliphatic carbocycles. The monoisotopic (exact) mass is 449 g/mol. The number of aryl methyl sites for hydroxylation is 2. The molecule has 1 aromatic heterocycles. The smallest absolute Gasteiger partial charge is 0.243 e. The summed E-state index contributed by atoms with van der Waals surface area (Å²) in [5.74, 6) is -0.0521. The summed E-state index contributed by atoms with van der Waals surface area (Å²) in [7, 11) is -3.56. The van der Waals surface area contributed by atoms with E-state index < -0.39 is 15.8 Å². The minimum Gasteiger partial charge on any atom is -0.339 e. The Hall–Kier alpha value is -2.29. The normalized spacial score (nSPS) is 16.1. The van der Waals surface area contributed by atoms with Crippen molar-refractivity contribution in [2.75, 3.05) is 13.1 Å². The first-order valence-electron chi connectivity index (χ1n) is 9.62. The quantitative estimate of drug-likeness (QED) is 0.576. The van der Waals surface area contributed by atoms with Crippen molar-refractivity contribution in [3.63, 3.8) is 0 Å². The number of sulfonamides is 1. The zero-order chi connectivity index (χ0) is 21.5. The summed E-state index contributed by atoms with van der Waals surface area (Å²) in [6.45, 7) is 4.39. The number of hydrogen-bond donors (Lipinski definition) is 0. The van der Waals surface area contributed by atoms with Crippen LogP contribution >= 0.6 is 11.6 Å². The Kier molecular flexibility index (Phi) is 5.65. The molecule has 0 bridgehead atoms. The molecule has 1 fully saturated rings. The molecule has 1 aliphatic heterocycles. The topological polar surface area (TPSA) is 76.3 Å². The Morgan fingerprint density at radius 3 is 2.57 bits per heavy atom. The molecule has 1 aliphatic rings. The van der Waals surface area contributed by atoms with Gasteiger partial charge in [-0.1, -0.05) is 28.9 Å². The van der Waals surface area contributed by atoms with Crippen molar-refractivity contribution in [3.8, 4) is 11.4 Å². The summed E-state index contributed by atoms with van der Waals surface area (Å²) >= 11 is 5.79. The van der Waals surface area contributed by atoms with Crippen LogP contribution in [0.2, 0.25) is 5.02 Å². The number of benzene rings is 2. The highest BCUT2D eigenvalue weighted by atomic mass is 35.5. The van der Waals surface area contributed by atoms with E-state index >= 15 is 0 Å². The highest BCUT2D eigenvalue weighted by Crippen LogP contribution is 2.32. The van der Waals surface area contributed by atoms with Crippen molar-refractivity contribution in [3.05, 3.63) is 64.3 Å². The van der Waals surface area contributed by atoms with Crippen LogP contribution in [0.4, 0.5) is 4.39 Å². The predicted molar refractivity (Wildman–Crippen MR) is 111 cm³/mol. The Morgan fingerprint density at radius 1 is 1.13 bits per heavy atom. The fraction of sp³-hybridized carbons (Fsp3) is 0.333. The van der Waals surface area contributed by atoms with Crippen LogP contribution in [0.25, 0.3) is 11.4 Å². The summed E-state index contributed by atoms with van der Waals surface area (Å²) in [5.41, 5.74) is 1.85. The molecule has 1 saturated heterocycles. The van der Waals surface area contributed by atoms with Crippen molar-refractivity contribution in [2.45, 2.75) is 37.5 Å². The molecular formula is C21H21ClFN3O3S. The van der Waals surface area contributed by atoms with Crippen LogP contribution < -0.4 is 0 Å². The van der Waals surface area contributed by atoms with Crippen molar-refractivity contribution in [1.29, 1.82) is 0 Å². The molecule has 2 heterocycles. The Bertz CT molecular complexity index is 1190. The van der Waals surface area contributed by atoms with Gasteiger partial charge in [0.05, 0.1) is 10.5 Å². The fourth-order valence-corrected chi connectivity index (χ4v) is 5.59. The van der Waals surface area contributed by atoms with Crippen LogP contribution in [0, 0.1) is 19.7 Å². The third-order valence-electron chi connectivity index (χ3n) is 5.38. The van der Waals surface area contributed by atoms with Crippen molar-refractivity contribution in [2.24, 2.45) is 0 Å². The first kappa shape index (κ1) is 21.0. The van der Waals surface area contributed by atoms with Crippen LogP contribution in [0.1, 0.15) is 35.8 Å². The molecule has 0 spiro atoms. The van der Waals surface area contributed by atoms with Gasteiger partial charge in [-0.15, -0.1) is 0 Å². The molecule has 158 valence electrons. The maximum atomic E-state index is 14.1. The molecule has 9 heteroatoms. The molecule has 0 saturated carbocycles. The lowest BCUT2D eigenvalue weighted by molar-refractivity contribution is 0.270. The number of halogens is 2. The van der Waals surface area contributed by atoms with Gasteiger partial charge in [-0.05, 0) is 62.1 Å². The van der Waals surface area contributed by atoms with E-state index in [1.807, 2.05) is 19.1 Å². The van der Waals surface area contributed by atoms with Crippen molar-refractivity contribution >= 4 is 21.6 Å². The van der Waals surface area contributed by atoms with E-state index in [2.05, 4.69) is 10.1 Å². The van der Waals surface area contributed by atoms with Crippen LogP contribution in [-0.2, 0) is 10.0 Å². The predicted octanol–water partition coefficient (Wildman–Crippen LogP) is 4.71. The lowest BCUT2D eigenvalue weighted by Crippen LogP contribution is -2.38. The third kappa shape index (κ3) is 3.99. The van der Waals surface area contributed by atoms with Gasteiger partial charge in [-0.2, -0.15) is 9.29 Å². The van der Waals surface area contributed by atoms with E-state index in [-0.39, 0.29) is 22.3 Å². The summed E-state index contributed by atoms with van der Waals surface area (Å²) in [5, 5.41) is 4.18. The Labute approximate surface area is 179 Å². The molecule has 0 amide bonds. The largest absolute Gasteiger partial charge is 0.339 e. The van der Waals surface area contributed by atoms with Gasteiger partial charge < -0.3 is 4.52 Å². The van der Waals surface area contributed by atoms with Gasteiger partial charge in [0.15, 0.2) is 0 Å². The standard InChI is InChI=1S/C21H21ClFN3O3S/c1-13-3-4-14(2)19(11-13)30(27,28)26-9-7-15(8-10-26)21-24-20(25-29-21)17-6-5-16(22)12-18(17)23/h3-6,11-12,15H,7-10H2,1-2H3. The number of piperidine rings is 1. The molecular weight excluding hydrogens is 429 g/mol. The summed E-state index contributed by atoms with van der Waals surface area (Å²) < 4.78 is 47.1. The molecule has 4 rings (SSSR count). The average molecular weight is 450 g/mol. The van der Waals surface area contributed by atoms with Crippen molar-refractivity contribution < 1.29 is 17.3 Å². The average Bonchev–Trinajstić information content (AvgIpc) is 3.19. The Morgan fingerprint density at radius 2 is 1.87 bits per heavy atom. The van der Waals surface area contributed by atoms with Crippen LogP contribution in [0.5, 0.6) is 0 Å². The molecule has 0 unspecified atom stereocenters. The van der Waals surface area contributed by atoms with Gasteiger partial charge in [0, 0.05) is 24.0 Å². The van der Waals surface area contributed by atoms with Gasteiger partial charge in [0.25, 0.3) is 0 Å². The molecule has 0 N–H and O–H groups in total. The maximum Gasteiger partial charge on any atom is 0.243 e. The number of aromatic nitrogens is 2. The maximum absolute atomic E-state index is 14.1. The number of rotatable bonds is 4. The molecule has 0 atom stereocenters. The van der Waals surface area contributed by atoms with Crippen LogP contribution in [0.3, 0.4) is 0 Å². The minimum absolute atomic E-state index is 0.0772. The highest BCUT2D eigenvalue weighted by Gasteiger charge is 2.33. The minimum atomic E-state index is -3.56. The first-order chi connectivity index (χ1) is 14.3. The van der Waals surface area contributed by atoms with E-state index in [1.165, 1.54) is 16.4 Å². The first-order valence-corrected chi connectivity index (χ1v) is 11.4. The van der Waals surface area contributed by atoms with E-state index in [9.17, 15) is 12.8 Å². The van der Waals surface area contributed by atoms with E-state index in [0.717, 1.165) is 11.1 Å². The second-order valence-corrected chi connectivity index (χ2v) is 9.87. The molecule has 2 aromatic carbocycles. The Balaban J connectivity index is 1.49. The zero-order valence-corrected chi connectivity index (χ0v) is 18.2. The highest BCUT2D eigenvalue weighted by molar-refractivity contribution is 7.89. The van der Waals surface area contributed by atoms with Gasteiger partial charge in [0.2, 0.25) is 21.7 Å². The summed E-state index contributed by atoms with van der Waals surface area (Å²) in [4.78, 5) is 4.68. The molecule has 30 heavy (non-hydrogen) atoms. The van der Waals surface area contributed by atoms with Gasteiger partial charge in [0.1, 0.15) is 5.82 Å². The summed E-state index contributed by atoms with van der Waals surface area (Å²) in [6, 6.07) is 9.70. The van der Waals surface area contributed by atoms with Gasteiger partial charge in [-0.3, -0.25) is 0 Å². The van der Waals surface area contributed by atoms with Crippen LogP contribution in [-0.4, -0.2) is 36.0 Å². The zero-order valence-electron chi connectivity index (χ0n) is 16.6. The summed E-state index contributed by atoms with van der Waals surface area (Å²) in [6.07, 6.45) is 1.10. The van der Waals surface area contributed by atoms with Gasteiger partial charge >= 0.3 is 0 Å². The third-order valence-corrected chi connectivity index (χ3v) is 7.65. The SMILES string of the molecule is Cc1ccc(C)c(S(=O)(=O)N2CCC(c3nc(-c4ccc(Cl)cc4F)no3)CC2)c1.